The topological polar surface area (TPSA) is 58.4 Å². The number of amides is 1. The fraction of sp³-hybridized carbons (Fsp3) is 0.750. The number of hydrogen-bond donors (Lipinski definition) is 2. The van der Waals surface area contributed by atoms with Crippen molar-refractivity contribution in [2.75, 3.05) is 26.7 Å². The van der Waals surface area contributed by atoms with Gasteiger partial charge < -0.3 is 16.0 Å². The molecular weight excluding hydrogens is 202 g/mol. The molecule has 4 nitrogen and oxygen atoms in total. The molecule has 94 valence electrons. The van der Waals surface area contributed by atoms with Crippen LogP contribution in [0.1, 0.15) is 32.6 Å². The quantitative estimate of drug-likeness (QED) is 0.587. The highest BCUT2D eigenvalue weighted by Gasteiger charge is 2.00. The molecule has 1 amide bonds. The summed E-state index contributed by atoms with van der Waals surface area (Å²) >= 11 is 0. The van der Waals surface area contributed by atoms with Gasteiger partial charge in [0.2, 0.25) is 5.91 Å². The molecule has 0 saturated carbocycles. The van der Waals surface area contributed by atoms with E-state index in [0.717, 1.165) is 25.2 Å². The highest BCUT2D eigenvalue weighted by Crippen LogP contribution is 1.98. The Labute approximate surface area is 98.9 Å². The van der Waals surface area contributed by atoms with E-state index in [9.17, 15) is 4.79 Å². The normalized spacial score (nSPS) is 10.4. The lowest BCUT2D eigenvalue weighted by atomic mass is 10.2. The fourth-order valence-electron chi connectivity index (χ4n) is 1.32. The first-order chi connectivity index (χ1) is 7.56. The summed E-state index contributed by atoms with van der Waals surface area (Å²) in [6.45, 7) is 8.83. The number of unbranched alkanes of at least 4 members (excludes halogenated alkanes) is 1. The minimum absolute atomic E-state index is 0.277. The summed E-state index contributed by atoms with van der Waals surface area (Å²) in [5.74, 6) is -0.277. The van der Waals surface area contributed by atoms with Crippen LogP contribution < -0.4 is 11.1 Å². The maximum Gasteiger partial charge on any atom is 0.219 e. The second kappa shape index (κ2) is 9.21. The third-order valence-corrected chi connectivity index (χ3v) is 2.44. The Morgan fingerprint density at radius 2 is 2.06 bits per heavy atom. The van der Waals surface area contributed by atoms with Gasteiger partial charge in [-0.2, -0.15) is 0 Å². The lowest BCUT2D eigenvalue weighted by molar-refractivity contribution is -0.117. The molecule has 0 unspecified atom stereocenters. The summed E-state index contributed by atoms with van der Waals surface area (Å²) in [6.07, 6.45) is 3.74. The molecule has 0 aromatic carbocycles. The van der Waals surface area contributed by atoms with Crippen LogP contribution in [0.15, 0.2) is 12.3 Å². The van der Waals surface area contributed by atoms with E-state index < -0.39 is 0 Å². The molecule has 0 spiro atoms. The third-order valence-electron chi connectivity index (χ3n) is 2.44. The number of carbonyl (C=O) groups excluding carboxylic acids is 1. The zero-order valence-corrected chi connectivity index (χ0v) is 10.6. The van der Waals surface area contributed by atoms with E-state index in [1.807, 2.05) is 0 Å². The van der Waals surface area contributed by atoms with Gasteiger partial charge in [-0.1, -0.05) is 19.9 Å². The van der Waals surface area contributed by atoms with Crippen molar-refractivity contribution >= 4 is 5.91 Å². The Morgan fingerprint density at radius 3 is 2.62 bits per heavy atom. The van der Waals surface area contributed by atoms with E-state index in [1.165, 1.54) is 12.8 Å². The molecule has 4 heteroatoms. The zero-order chi connectivity index (χ0) is 12.4. The van der Waals surface area contributed by atoms with E-state index in [-0.39, 0.29) is 5.91 Å². The predicted octanol–water partition coefficient (Wildman–Crippen LogP) is 1.09. The minimum atomic E-state index is -0.277. The molecule has 0 fully saturated rings. The van der Waals surface area contributed by atoms with Crippen LogP contribution in [0.3, 0.4) is 0 Å². The number of primary amides is 1. The van der Waals surface area contributed by atoms with Crippen LogP contribution >= 0.6 is 0 Å². The summed E-state index contributed by atoms with van der Waals surface area (Å²) in [4.78, 5) is 12.8. The van der Waals surface area contributed by atoms with Crippen LogP contribution in [0.4, 0.5) is 0 Å². The van der Waals surface area contributed by atoms with Gasteiger partial charge in [0.25, 0.3) is 0 Å². The fourth-order valence-corrected chi connectivity index (χ4v) is 1.32. The van der Waals surface area contributed by atoms with E-state index >= 15 is 0 Å². The molecule has 0 aromatic rings. The Kier molecular flexibility index (Phi) is 8.62. The third kappa shape index (κ3) is 9.52. The number of hydrogen-bond acceptors (Lipinski definition) is 3. The molecule has 0 radical (unpaired) electrons. The Morgan fingerprint density at radius 1 is 1.38 bits per heavy atom. The molecule has 0 bridgehead atoms. The summed E-state index contributed by atoms with van der Waals surface area (Å²) in [5.41, 5.74) is 6.02. The second-order valence-corrected chi connectivity index (χ2v) is 4.15. The molecule has 0 aliphatic carbocycles. The predicted molar refractivity (Wildman–Crippen MR) is 68.0 cm³/mol. The number of nitrogens with zero attached hydrogens (tertiary/aromatic N) is 1. The van der Waals surface area contributed by atoms with Gasteiger partial charge in [0.1, 0.15) is 0 Å². The van der Waals surface area contributed by atoms with E-state index in [1.54, 1.807) is 0 Å². The van der Waals surface area contributed by atoms with E-state index in [2.05, 4.69) is 30.8 Å². The second-order valence-electron chi connectivity index (χ2n) is 4.15. The Hall–Kier alpha value is -1.03. The SMILES string of the molecule is C=C(CCN(C)CCCC)NCCC(N)=O. The Bertz CT molecular complexity index is 216. The van der Waals surface area contributed by atoms with Crippen LogP contribution in [0, 0.1) is 0 Å². The van der Waals surface area contributed by atoms with E-state index in [4.69, 9.17) is 5.73 Å². The smallest absolute Gasteiger partial charge is 0.219 e. The van der Waals surface area contributed by atoms with Crippen LogP contribution in [0.5, 0.6) is 0 Å². The van der Waals surface area contributed by atoms with Gasteiger partial charge in [0.15, 0.2) is 0 Å². The summed E-state index contributed by atoms with van der Waals surface area (Å²) in [5, 5.41) is 3.10. The highest BCUT2D eigenvalue weighted by atomic mass is 16.1. The minimum Gasteiger partial charge on any atom is -0.388 e. The number of rotatable bonds is 10. The van der Waals surface area contributed by atoms with Gasteiger partial charge in [-0.25, -0.2) is 0 Å². The molecular formula is C12H25N3O. The highest BCUT2D eigenvalue weighted by molar-refractivity contribution is 5.73. The number of carbonyl (C=O) groups is 1. The van der Waals surface area contributed by atoms with Crippen molar-refractivity contribution in [2.45, 2.75) is 32.6 Å². The molecule has 3 N–H and O–H groups in total. The van der Waals surface area contributed by atoms with Crippen LogP contribution in [-0.4, -0.2) is 37.5 Å². The van der Waals surface area contributed by atoms with E-state index in [0.29, 0.717) is 13.0 Å². The van der Waals surface area contributed by atoms with Crippen molar-refractivity contribution in [3.05, 3.63) is 12.3 Å². The van der Waals surface area contributed by atoms with Crippen molar-refractivity contribution in [1.29, 1.82) is 0 Å². The lowest BCUT2D eigenvalue weighted by Crippen LogP contribution is -2.25. The van der Waals surface area contributed by atoms with Crippen molar-refractivity contribution in [3.8, 4) is 0 Å². The summed E-state index contributed by atoms with van der Waals surface area (Å²) in [7, 11) is 2.12. The first-order valence-corrected chi connectivity index (χ1v) is 5.94. The molecule has 0 saturated heterocycles. The molecule has 0 aliphatic rings. The summed E-state index contributed by atoms with van der Waals surface area (Å²) < 4.78 is 0. The van der Waals surface area contributed by atoms with Crippen molar-refractivity contribution in [1.82, 2.24) is 10.2 Å². The number of nitrogens with two attached hydrogens (primary N) is 1. The average Bonchev–Trinajstić information content (AvgIpc) is 2.23. The molecule has 0 aliphatic heterocycles. The van der Waals surface area contributed by atoms with Gasteiger partial charge in [-0.3, -0.25) is 4.79 Å². The van der Waals surface area contributed by atoms with Gasteiger partial charge in [-0.15, -0.1) is 0 Å². The molecule has 0 aromatic heterocycles. The van der Waals surface area contributed by atoms with Crippen molar-refractivity contribution in [3.63, 3.8) is 0 Å². The molecule has 0 atom stereocenters. The molecule has 0 rings (SSSR count). The standard InChI is InChI=1S/C12H25N3O/c1-4-5-9-15(3)10-7-11(2)14-8-6-12(13)16/h14H,2,4-10H2,1,3H3,(H2,13,16). The van der Waals surface area contributed by atoms with Crippen molar-refractivity contribution in [2.24, 2.45) is 5.73 Å². The largest absolute Gasteiger partial charge is 0.388 e. The maximum absolute atomic E-state index is 10.5. The first kappa shape index (κ1) is 15.0. The monoisotopic (exact) mass is 227 g/mol. The van der Waals surface area contributed by atoms with Gasteiger partial charge >= 0.3 is 0 Å². The first-order valence-electron chi connectivity index (χ1n) is 5.94. The molecule has 16 heavy (non-hydrogen) atoms. The van der Waals surface area contributed by atoms with Crippen LogP contribution in [0.2, 0.25) is 0 Å². The van der Waals surface area contributed by atoms with Crippen molar-refractivity contribution < 1.29 is 4.79 Å². The lowest BCUT2D eigenvalue weighted by Gasteiger charge is -2.17. The zero-order valence-electron chi connectivity index (χ0n) is 10.6. The van der Waals surface area contributed by atoms with Gasteiger partial charge in [-0.05, 0) is 26.4 Å². The Balaban J connectivity index is 3.45. The average molecular weight is 227 g/mol. The maximum atomic E-state index is 10.5. The van der Waals surface area contributed by atoms with Gasteiger partial charge in [0.05, 0.1) is 0 Å². The number of nitrogens with one attached hydrogen (secondary N) is 1. The van der Waals surface area contributed by atoms with Gasteiger partial charge in [0, 0.05) is 25.2 Å². The summed E-state index contributed by atoms with van der Waals surface area (Å²) in [6, 6.07) is 0. The van der Waals surface area contributed by atoms with Crippen LogP contribution in [-0.2, 0) is 4.79 Å². The van der Waals surface area contributed by atoms with Crippen LogP contribution in [0.25, 0.3) is 0 Å². The molecule has 0 heterocycles.